The molecule has 2 rings (SSSR count). The van der Waals surface area contributed by atoms with Crippen LogP contribution < -0.4 is 5.32 Å². The lowest BCUT2D eigenvalue weighted by molar-refractivity contribution is 0.0342. The number of likely N-dealkylation sites (tertiary alicyclic amines) is 1. The minimum atomic E-state index is 0.901. The van der Waals surface area contributed by atoms with Crippen LogP contribution in [0.25, 0.3) is 0 Å². The Morgan fingerprint density at radius 1 is 1.00 bits per heavy atom. The van der Waals surface area contributed by atoms with Crippen LogP contribution in [0.3, 0.4) is 0 Å². The van der Waals surface area contributed by atoms with Gasteiger partial charge in [-0.15, -0.1) is 0 Å². The molecule has 0 aromatic heterocycles. The fraction of sp³-hybridized carbons (Fsp3) is 1.00. The Bertz CT molecular complexity index is 240. The van der Waals surface area contributed by atoms with E-state index in [1.807, 2.05) is 0 Å². The zero-order chi connectivity index (χ0) is 14.0. The zero-order valence-electron chi connectivity index (χ0n) is 13.1. The summed E-state index contributed by atoms with van der Waals surface area (Å²) in [7, 11) is 2.20. The first-order chi connectivity index (χ1) is 9.84. The van der Waals surface area contributed by atoms with E-state index in [0.717, 1.165) is 52.6 Å². The predicted molar refractivity (Wildman–Crippen MR) is 83.0 cm³/mol. The van der Waals surface area contributed by atoms with Gasteiger partial charge in [0.2, 0.25) is 0 Å². The molecule has 2 heterocycles. The number of ether oxygens (including phenoxy) is 1. The Morgan fingerprint density at radius 3 is 2.45 bits per heavy atom. The van der Waals surface area contributed by atoms with Gasteiger partial charge in [-0.1, -0.05) is 0 Å². The summed E-state index contributed by atoms with van der Waals surface area (Å²) < 4.78 is 5.37. The molecule has 0 saturated carbocycles. The fourth-order valence-corrected chi connectivity index (χ4v) is 2.92. The van der Waals surface area contributed by atoms with Gasteiger partial charge in [-0.2, -0.15) is 0 Å². The molecular formula is C15H32N4O. The second-order valence-electron chi connectivity index (χ2n) is 6.09. The third kappa shape index (κ3) is 6.50. The molecule has 0 spiro atoms. The first-order valence-corrected chi connectivity index (χ1v) is 8.26. The highest BCUT2D eigenvalue weighted by Crippen LogP contribution is 2.06. The van der Waals surface area contributed by atoms with E-state index in [2.05, 4.69) is 27.1 Å². The van der Waals surface area contributed by atoms with Crippen molar-refractivity contribution in [3.63, 3.8) is 0 Å². The Hall–Kier alpha value is -0.200. The molecule has 0 unspecified atom stereocenters. The van der Waals surface area contributed by atoms with Gasteiger partial charge in [0.15, 0.2) is 0 Å². The molecule has 0 aliphatic carbocycles. The molecule has 0 bridgehead atoms. The van der Waals surface area contributed by atoms with Gasteiger partial charge >= 0.3 is 0 Å². The first kappa shape index (κ1) is 16.2. The van der Waals surface area contributed by atoms with Crippen LogP contribution >= 0.6 is 0 Å². The first-order valence-electron chi connectivity index (χ1n) is 8.26. The number of likely N-dealkylation sites (N-methyl/N-ethyl adjacent to an activating group) is 1. The van der Waals surface area contributed by atoms with Gasteiger partial charge in [0.1, 0.15) is 0 Å². The number of nitrogens with zero attached hydrogens (tertiary/aromatic N) is 3. The second-order valence-corrected chi connectivity index (χ2v) is 6.09. The zero-order valence-corrected chi connectivity index (χ0v) is 13.1. The number of morpholine rings is 1. The summed E-state index contributed by atoms with van der Waals surface area (Å²) in [5.74, 6) is 0. The third-order valence-electron chi connectivity index (χ3n) is 4.31. The van der Waals surface area contributed by atoms with Crippen LogP contribution in [0, 0.1) is 0 Å². The largest absolute Gasteiger partial charge is 0.379 e. The molecule has 0 amide bonds. The Labute approximate surface area is 124 Å². The van der Waals surface area contributed by atoms with Crippen LogP contribution in [0.2, 0.25) is 0 Å². The summed E-state index contributed by atoms with van der Waals surface area (Å²) in [6.45, 7) is 12.3. The quantitative estimate of drug-likeness (QED) is 0.486. The molecule has 20 heavy (non-hydrogen) atoms. The number of nitrogens with one attached hydrogen (secondary N) is 1. The highest BCUT2D eigenvalue weighted by molar-refractivity contribution is 4.67. The van der Waals surface area contributed by atoms with Crippen LogP contribution in [0.5, 0.6) is 0 Å². The fourth-order valence-electron chi connectivity index (χ4n) is 2.92. The average molecular weight is 284 g/mol. The summed E-state index contributed by atoms with van der Waals surface area (Å²) in [5, 5.41) is 3.55. The van der Waals surface area contributed by atoms with Crippen LogP contribution in [-0.4, -0.2) is 94.0 Å². The monoisotopic (exact) mass is 284 g/mol. The minimum absolute atomic E-state index is 0.901. The highest BCUT2D eigenvalue weighted by Gasteiger charge is 2.11. The molecule has 2 aliphatic heterocycles. The van der Waals surface area contributed by atoms with Gasteiger partial charge in [-0.3, -0.25) is 9.80 Å². The standard InChI is InChI=1S/C15H32N4O/c1-17(9-10-19-11-13-20-14-12-19)15-16-5-4-8-18-6-2-3-7-18/h16H,2-15H2,1H3. The summed E-state index contributed by atoms with van der Waals surface area (Å²) in [4.78, 5) is 7.46. The number of rotatable bonds is 9. The summed E-state index contributed by atoms with van der Waals surface area (Å²) >= 11 is 0. The molecule has 2 fully saturated rings. The molecule has 5 heteroatoms. The van der Waals surface area contributed by atoms with Crippen LogP contribution in [-0.2, 0) is 4.74 Å². The van der Waals surface area contributed by atoms with Crippen molar-refractivity contribution in [1.82, 2.24) is 20.0 Å². The molecular weight excluding hydrogens is 252 g/mol. The normalized spacial score (nSPS) is 21.9. The van der Waals surface area contributed by atoms with Crippen LogP contribution in [0.4, 0.5) is 0 Å². The SMILES string of the molecule is CN(CCN1CCOCC1)CNCCCN1CCCC1. The van der Waals surface area contributed by atoms with Gasteiger partial charge in [0, 0.05) is 32.8 Å². The number of hydrogen-bond acceptors (Lipinski definition) is 5. The molecule has 5 nitrogen and oxygen atoms in total. The van der Waals surface area contributed by atoms with Crippen molar-refractivity contribution in [3.8, 4) is 0 Å². The van der Waals surface area contributed by atoms with Crippen LogP contribution in [0.1, 0.15) is 19.3 Å². The molecule has 0 atom stereocenters. The maximum absolute atomic E-state index is 5.37. The van der Waals surface area contributed by atoms with Gasteiger partial charge in [0.25, 0.3) is 0 Å². The lowest BCUT2D eigenvalue weighted by Gasteiger charge is -2.28. The molecule has 1 N–H and O–H groups in total. The van der Waals surface area contributed by atoms with Crippen molar-refractivity contribution in [2.24, 2.45) is 0 Å². The van der Waals surface area contributed by atoms with E-state index in [-0.39, 0.29) is 0 Å². The van der Waals surface area contributed by atoms with Crippen molar-refractivity contribution >= 4 is 0 Å². The Balaban J connectivity index is 1.40. The van der Waals surface area contributed by atoms with Gasteiger partial charge in [-0.05, 0) is 52.5 Å². The van der Waals surface area contributed by atoms with Gasteiger partial charge in [-0.25, -0.2) is 0 Å². The van der Waals surface area contributed by atoms with Crippen molar-refractivity contribution < 1.29 is 4.74 Å². The Morgan fingerprint density at radius 2 is 1.70 bits per heavy atom. The summed E-state index contributed by atoms with van der Waals surface area (Å²) in [5.41, 5.74) is 0. The molecule has 118 valence electrons. The van der Waals surface area contributed by atoms with E-state index in [9.17, 15) is 0 Å². The average Bonchev–Trinajstić information content (AvgIpc) is 2.99. The smallest absolute Gasteiger partial charge is 0.0594 e. The predicted octanol–water partition coefficient (Wildman–Crippen LogP) is 0.283. The third-order valence-corrected chi connectivity index (χ3v) is 4.31. The van der Waals surface area contributed by atoms with Gasteiger partial charge < -0.3 is 15.0 Å². The maximum atomic E-state index is 5.37. The van der Waals surface area contributed by atoms with E-state index in [4.69, 9.17) is 4.74 Å². The molecule has 0 aromatic rings. The highest BCUT2D eigenvalue weighted by atomic mass is 16.5. The topological polar surface area (TPSA) is 31.0 Å². The lowest BCUT2D eigenvalue weighted by Crippen LogP contribution is -2.42. The molecule has 2 saturated heterocycles. The summed E-state index contributed by atoms with van der Waals surface area (Å²) in [6.07, 6.45) is 4.08. The van der Waals surface area contributed by atoms with E-state index in [1.54, 1.807) is 0 Å². The Kier molecular flexibility index (Phi) is 7.83. The van der Waals surface area contributed by atoms with Crippen LogP contribution in [0.15, 0.2) is 0 Å². The molecule has 2 aliphatic rings. The summed E-state index contributed by atoms with van der Waals surface area (Å²) in [6, 6.07) is 0. The minimum Gasteiger partial charge on any atom is -0.379 e. The lowest BCUT2D eigenvalue weighted by atomic mass is 10.4. The van der Waals surface area contributed by atoms with Crippen molar-refractivity contribution in [2.75, 3.05) is 79.3 Å². The van der Waals surface area contributed by atoms with E-state index >= 15 is 0 Å². The van der Waals surface area contributed by atoms with Crippen molar-refractivity contribution in [1.29, 1.82) is 0 Å². The van der Waals surface area contributed by atoms with E-state index in [1.165, 1.54) is 38.9 Å². The number of hydrogen-bond donors (Lipinski definition) is 1. The van der Waals surface area contributed by atoms with E-state index in [0.29, 0.717) is 0 Å². The second kappa shape index (κ2) is 9.68. The molecule has 0 radical (unpaired) electrons. The molecule has 0 aromatic carbocycles. The van der Waals surface area contributed by atoms with E-state index < -0.39 is 0 Å². The van der Waals surface area contributed by atoms with Gasteiger partial charge in [0.05, 0.1) is 13.2 Å². The van der Waals surface area contributed by atoms with Crippen molar-refractivity contribution in [3.05, 3.63) is 0 Å². The maximum Gasteiger partial charge on any atom is 0.0594 e. The van der Waals surface area contributed by atoms with Crippen molar-refractivity contribution in [2.45, 2.75) is 19.3 Å².